The number of carbonyl (C=O) groups is 1. The first-order chi connectivity index (χ1) is 11.7. The molecule has 0 spiro atoms. The Morgan fingerprint density at radius 1 is 1.04 bits per heavy atom. The lowest BCUT2D eigenvalue weighted by Gasteiger charge is -2.42. The summed E-state index contributed by atoms with van der Waals surface area (Å²) in [5, 5.41) is 0. The zero-order valence-corrected chi connectivity index (χ0v) is 16.1. The second kappa shape index (κ2) is 5.98. The quantitative estimate of drug-likeness (QED) is 0.720. The van der Waals surface area contributed by atoms with Crippen molar-refractivity contribution in [2.75, 3.05) is 7.11 Å². The van der Waals surface area contributed by atoms with Crippen LogP contribution in [0.1, 0.15) is 67.7 Å². The molecule has 0 radical (unpaired) electrons. The number of nitrogens with zero attached hydrogens (tertiary/aromatic N) is 1. The standard InChI is InChI=1S/C22H27NO2/c1-14-11-17-18(22(4,5)10-9-21(17,2)3)12-16(14)20-19(25-6)8-7-15(13-24)23-20/h7-8,11-13H,9-10H2,1-6H3. The Labute approximate surface area is 150 Å². The van der Waals surface area contributed by atoms with Crippen LogP contribution in [-0.4, -0.2) is 18.4 Å². The van der Waals surface area contributed by atoms with E-state index in [4.69, 9.17) is 4.74 Å². The summed E-state index contributed by atoms with van der Waals surface area (Å²) in [6.07, 6.45) is 3.13. The molecule has 1 aromatic heterocycles. The van der Waals surface area contributed by atoms with Crippen LogP contribution in [0.15, 0.2) is 24.3 Å². The molecule has 1 aliphatic rings. The van der Waals surface area contributed by atoms with Gasteiger partial charge >= 0.3 is 0 Å². The Morgan fingerprint density at radius 2 is 1.64 bits per heavy atom. The highest BCUT2D eigenvalue weighted by molar-refractivity contribution is 5.78. The number of rotatable bonds is 3. The fourth-order valence-corrected chi connectivity index (χ4v) is 3.86. The predicted octanol–water partition coefficient (Wildman–Crippen LogP) is 5.23. The number of aryl methyl sites for hydroxylation is 1. The Morgan fingerprint density at radius 3 is 2.20 bits per heavy atom. The maximum atomic E-state index is 11.2. The number of benzene rings is 1. The highest BCUT2D eigenvalue weighted by Crippen LogP contribution is 2.48. The minimum absolute atomic E-state index is 0.128. The smallest absolute Gasteiger partial charge is 0.168 e. The second-order valence-corrected chi connectivity index (χ2v) is 8.39. The van der Waals surface area contributed by atoms with Crippen molar-refractivity contribution in [2.45, 2.75) is 58.3 Å². The molecule has 3 rings (SSSR count). The molecular formula is C22H27NO2. The lowest BCUT2D eigenvalue weighted by molar-refractivity contribution is 0.111. The van der Waals surface area contributed by atoms with Gasteiger partial charge in [0.2, 0.25) is 0 Å². The molecule has 0 saturated heterocycles. The van der Waals surface area contributed by atoms with Gasteiger partial charge in [0.15, 0.2) is 6.29 Å². The van der Waals surface area contributed by atoms with E-state index < -0.39 is 0 Å². The zero-order valence-electron chi connectivity index (χ0n) is 16.1. The first-order valence-corrected chi connectivity index (χ1v) is 8.86. The van der Waals surface area contributed by atoms with Crippen LogP contribution >= 0.6 is 0 Å². The topological polar surface area (TPSA) is 39.2 Å². The molecule has 25 heavy (non-hydrogen) atoms. The lowest BCUT2D eigenvalue weighted by Crippen LogP contribution is -2.34. The van der Waals surface area contributed by atoms with Crippen LogP contribution in [0.3, 0.4) is 0 Å². The number of aldehydes is 1. The highest BCUT2D eigenvalue weighted by atomic mass is 16.5. The van der Waals surface area contributed by atoms with Crippen molar-refractivity contribution >= 4 is 6.29 Å². The van der Waals surface area contributed by atoms with E-state index in [0.29, 0.717) is 11.4 Å². The summed E-state index contributed by atoms with van der Waals surface area (Å²) < 4.78 is 5.51. The molecule has 1 aliphatic carbocycles. The van der Waals surface area contributed by atoms with Gasteiger partial charge < -0.3 is 4.74 Å². The van der Waals surface area contributed by atoms with E-state index in [0.717, 1.165) is 24.0 Å². The fraction of sp³-hybridized carbons (Fsp3) is 0.455. The van der Waals surface area contributed by atoms with Gasteiger partial charge in [-0.1, -0.05) is 33.8 Å². The van der Waals surface area contributed by atoms with Crippen molar-refractivity contribution in [1.29, 1.82) is 0 Å². The third-order valence-corrected chi connectivity index (χ3v) is 5.67. The Balaban J connectivity index is 2.28. The molecule has 0 unspecified atom stereocenters. The van der Waals surface area contributed by atoms with E-state index >= 15 is 0 Å². The first kappa shape index (κ1) is 17.7. The van der Waals surface area contributed by atoms with E-state index in [2.05, 4.69) is 51.7 Å². The number of methoxy groups -OCH3 is 1. The van der Waals surface area contributed by atoms with Gasteiger partial charge in [-0.3, -0.25) is 4.79 Å². The highest BCUT2D eigenvalue weighted by Gasteiger charge is 2.37. The molecule has 0 saturated carbocycles. The number of fused-ring (bicyclic) bond motifs is 1. The molecule has 0 N–H and O–H groups in total. The molecule has 3 heteroatoms. The summed E-state index contributed by atoms with van der Waals surface area (Å²) in [4.78, 5) is 15.7. The normalized spacial score (nSPS) is 17.7. The fourth-order valence-electron chi connectivity index (χ4n) is 3.86. The largest absolute Gasteiger partial charge is 0.494 e. The van der Waals surface area contributed by atoms with Gasteiger partial charge in [-0.25, -0.2) is 4.98 Å². The number of hydrogen-bond acceptors (Lipinski definition) is 3. The molecule has 3 nitrogen and oxygen atoms in total. The van der Waals surface area contributed by atoms with E-state index in [1.165, 1.54) is 23.1 Å². The molecule has 0 aliphatic heterocycles. The maximum Gasteiger partial charge on any atom is 0.168 e. The van der Waals surface area contributed by atoms with Crippen molar-refractivity contribution in [3.05, 3.63) is 46.6 Å². The summed E-state index contributed by atoms with van der Waals surface area (Å²) in [5.74, 6) is 0.696. The van der Waals surface area contributed by atoms with Crippen LogP contribution in [0, 0.1) is 6.92 Å². The van der Waals surface area contributed by atoms with Crippen molar-refractivity contribution in [2.24, 2.45) is 0 Å². The predicted molar refractivity (Wildman–Crippen MR) is 102 cm³/mol. The van der Waals surface area contributed by atoms with E-state index in [-0.39, 0.29) is 10.8 Å². The number of ether oxygens (including phenoxy) is 1. The zero-order chi connectivity index (χ0) is 18.4. The summed E-state index contributed by atoms with van der Waals surface area (Å²) in [7, 11) is 1.64. The number of aromatic nitrogens is 1. The number of pyridine rings is 1. The van der Waals surface area contributed by atoms with Crippen molar-refractivity contribution in [1.82, 2.24) is 4.98 Å². The Kier molecular flexibility index (Phi) is 4.22. The number of carbonyl (C=O) groups excluding carboxylic acids is 1. The SMILES string of the molecule is COc1ccc(C=O)nc1-c1cc2c(cc1C)C(C)(C)CCC2(C)C. The van der Waals surface area contributed by atoms with Crippen molar-refractivity contribution in [3.8, 4) is 17.0 Å². The molecule has 0 fully saturated rings. The van der Waals surface area contributed by atoms with Crippen molar-refractivity contribution in [3.63, 3.8) is 0 Å². The minimum atomic E-state index is 0.128. The third-order valence-electron chi connectivity index (χ3n) is 5.67. The molecule has 1 aromatic carbocycles. The van der Waals surface area contributed by atoms with Crippen LogP contribution in [-0.2, 0) is 10.8 Å². The van der Waals surface area contributed by atoms with Crippen LogP contribution in [0.25, 0.3) is 11.3 Å². The van der Waals surface area contributed by atoms with E-state index in [1.54, 1.807) is 13.2 Å². The Hall–Kier alpha value is -2.16. The van der Waals surface area contributed by atoms with Crippen molar-refractivity contribution < 1.29 is 9.53 Å². The van der Waals surface area contributed by atoms with E-state index in [1.807, 2.05) is 6.07 Å². The third kappa shape index (κ3) is 2.97. The van der Waals surface area contributed by atoms with Gasteiger partial charge in [-0.15, -0.1) is 0 Å². The summed E-state index contributed by atoms with van der Waals surface area (Å²) >= 11 is 0. The first-order valence-electron chi connectivity index (χ1n) is 8.86. The van der Waals surface area contributed by atoms with Crippen LogP contribution in [0.4, 0.5) is 0 Å². The summed E-state index contributed by atoms with van der Waals surface area (Å²) in [6.45, 7) is 11.4. The van der Waals surface area contributed by atoms with Gasteiger partial charge in [-0.2, -0.15) is 0 Å². The van der Waals surface area contributed by atoms with Gasteiger partial charge in [-0.05, 0) is 65.5 Å². The molecule has 0 bridgehead atoms. The minimum Gasteiger partial charge on any atom is -0.494 e. The summed E-state index contributed by atoms with van der Waals surface area (Å²) in [5.41, 5.74) is 6.49. The van der Waals surface area contributed by atoms with Gasteiger partial charge in [0, 0.05) is 5.56 Å². The average molecular weight is 337 g/mol. The molecule has 2 aromatic rings. The second-order valence-electron chi connectivity index (χ2n) is 8.39. The van der Waals surface area contributed by atoms with Gasteiger partial charge in [0.25, 0.3) is 0 Å². The Bertz CT molecular complexity index is 834. The maximum absolute atomic E-state index is 11.2. The molecule has 132 valence electrons. The monoisotopic (exact) mass is 337 g/mol. The van der Waals surface area contributed by atoms with E-state index in [9.17, 15) is 4.79 Å². The molecule has 0 atom stereocenters. The summed E-state index contributed by atoms with van der Waals surface area (Å²) in [6, 6.07) is 8.08. The van der Waals surface area contributed by atoms with Crippen LogP contribution < -0.4 is 4.74 Å². The average Bonchev–Trinajstić information content (AvgIpc) is 2.58. The molecule has 1 heterocycles. The van der Waals surface area contributed by atoms with Crippen LogP contribution in [0.2, 0.25) is 0 Å². The molecular weight excluding hydrogens is 310 g/mol. The van der Waals surface area contributed by atoms with Crippen LogP contribution in [0.5, 0.6) is 5.75 Å². The van der Waals surface area contributed by atoms with Gasteiger partial charge in [0.1, 0.15) is 17.1 Å². The molecule has 0 amide bonds. The van der Waals surface area contributed by atoms with Gasteiger partial charge in [0.05, 0.1) is 7.11 Å². The lowest BCUT2D eigenvalue weighted by atomic mass is 9.62. The number of hydrogen-bond donors (Lipinski definition) is 0.